The highest BCUT2D eigenvalue weighted by molar-refractivity contribution is 4.85. The lowest BCUT2D eigenvalue weighted by atomic mass is 10.1. The minimum Gasteiger partial charge on any atom is -0.109 e. The smallest absolute Gasteiger partial charge is 0.109 e. The molecular weight excluding hydrogens is 100 g/mol. The first-order valence-corrected chi connectivity index (χ1v) is 3.32. The first-order chi connectivity index (χ1) is 3.86. The van der Waals surface area contributed by atoms with Crippen molar-refractivity contribution in [3.8, 4) is 0 Å². The van der Waals surface area contributed by atoms with Gasteiger partial charge in [0.05, 0.1) is 6.54 Å². The van der Waals surface area contributed by atoms with Crippen LogP contribution in [0.3, 0.4) is 0 Å². The molecule has 45 valence electrons. The van der Waals surface area contributed by atoms with E-state index in [1.165, 1.54) is 26.1 Å². The van der Waals surface area contributed by atoms with E-state index >= 15 is 0 Å². The summed E-state index contributed by atoms with van der Waals surface area (Å²) >= 11 is 0. The van der Waals surface area contributed by atoms with Gasteiger partial charge in [0.2, 0.25) is 0 Å². The van der Waals surface area contributed by atoms with Crippen LogP contribution in [0.15, 0.2) is 0 Å². The van der Waals surface area contributed by atoms with Crippen molar-refractivity contribution in [2.75, 3.05) is 26.7 Å². The Morgan fingerprint density at radius 3 is 2.75 bits per heavy atom. The van der Waals surface area contributed by atoms with Crippen LogP contribution in [0.1, 0.15) is 6.42 Å². The van der Waals surface area contributed by atoms with Crippen molar-refractivity contribution in [2.24, 2.45) is 5.92 Å². The molecule has 0 aliphatic carbocycles. The molecule has 2 rings (SSSR count). The second kappa shape index (κ2) is 1.45. The van der Waals surface area contributed by atoms with Crippen molar-refractivity contribution in [1.82, 2.24) is 10.0 Å². The second-order valence-corrected chi connectivity index (χ2v) is 2.91. The van der Waals surface area contributed by atoms with Crippen LogP contribution >= 0.6 is 0 Å². The molecule has 0 saturated carbocycles. The van der Waals surface area contributed by atoms with Crippen molar-refractivity contribution in [3.05, 3.63) is 0 Å². The van der Waals surface area contributed by atoms with Gasteiger partial charge in [0.15, 0.2) is 0 Å². The third-order valence-corrected chi connectivity index (χ3v) is 2.27. The normalized spacial score (nSPS) is 46.1. The predicted octanol–water partition coefficient (Wildman–Crippen LogP) is 0.00680. The quantitative estimate of drug-likeness (QED) is 0.401. The maximum absolute atomic E-state index is 2.44. The molecule has 2 saturated heterocycles. The fourth-order valence-corrected chi connectivity index (χ4v) is 1.76. The fourth-order valence-electron chi connectivity index (χ4n) is 1.76. The van der Waals surface area contributed by atoms with Crippen LogP contribution in [0.25, 0.3) is 0 Å². The lowest BCUT2D eigenvalue weighted by Crippen LogP contribution is -2.39. The van der Waals surface area contributed by atoms with E-state index in [0.717, 1.165) is 5.92 Å². The average molecular weight is 112 g/mol. The summed E-state index contributed by atoms with van der Waals surface area (Å²) in [6.07, 6.45) is 1.43. The highest BCUT2D eigenvalue weighted by Crippen LogP contribution is 2.22. The van der Waals surface area contributed by atoms with Crippen LogP contribution in [0.5, 0.6) is 0 Å². The number of hydrogen-bond acceptors (Lipinski definition) is 2. The summed E-state index contributed by atoms with van der Waals surface area (Å²) in [6.45, 7) is 3.94. The fraction of sp³-hybridized carbons (Fsp3) is 1.00. The predicted molar refractivity (Wildman–Crippen MR) is 32.6 cm³/mol. The van der Waals surface area contributed by atoms with Gasteiger partial charge in [-0.05, 0) is 0 Å². The lowest BCUT2D eigenvalue weighted by molar-refractivity contribution is 0.149. The zero-order valence-corrected chi connectivity index (χ0v) is 5.30. The van der Waals surface area contributed by atoms with Crippen LogP contribution in [-0.4, -0.2) is 31.7 Å². The molecule has 2 heterocycles. The molecule has 2 unspecified atom stereocenters. The summed E-state index contributed by atoms with van der Waals surface area (Å²) in [5.74, 6) is 1.000. The molecule has 0 spiro atoms. The molecule has 2 aliphatic heterocycles. The van der Waals surface area contributed by atoms with Crippen LogP contribution in [0.4, 0.5) is 0 Å². The molecule has 2 heteroatoms. The van der Waals surface area contributed by atoms with E-state index in [1.54, 1.807) is 0 Å². The van der Waals surface area contributed by atoms with Crippen LogP contribution in [0.2, 0.25) is 0 Å². The molecule has 0 aromatic heterocycles. The largest absolute Gasteiger partial charge is 0.149 e. The second-order valence-electron chi connectivity index (χ2n) is 2.91. The third kappa shape index (κ3) is 0.501. The SMILES string of the molecule is CN1CC2CC[N+]1C2. The molecule has 0 N–H and O–H groups in total. The Balaban J connectivity index is 2.11. The van der Waals surface area contributed by atoms with Gasteiger partial charge >= 0.3 is 0 Å². The van der Waals surface area contributed by atoms with E-state index in [1.807, 2.05) is 0 Å². The average Bonchev–Trinajstić information content (AvgIpc) is 2.23. The van der Waals surface area contributed by atoms with Crippen molar-refractivity contribution < 1.29 is 0 Å². The van der Waals surface area contributed by atoms with Crippen molar-refractivity contribution in [1.29, 1.82) is 0 Å². The highest BCUT2D eigenvalue weighted by atomic mass is 15.6. The molecule has 2 aliphatic rings. The monoisotopic (exact) mass is 112 g/mol. The van der Waals surface area contributed by atoms with Crippen molar-refractivity contribution in [2.45, 2.75) is 6.42 Å². The minimum atomic E-state index is 1.000. The summed E-state index contributed by atoms with van der Waals surface area (Å²) in [7, 11) is 2.18. The Morgan fingerprint density at radius 2 is 2.50 bits per heavy atom. The van der Waals surface area contributed by atoms with Crippen LogP contribution in [0, 0.1) is 5.92 Å². The lowest BCUT2D eigenvalue weighted by Gasteiger charge is -2.12. The Bertz CT molecular complexity index is 101. The topological polar surface area (TPSA) is 9.14 Å². The minimum absolute atomic E-state index is 1.000. The maximum Gasteiger partial charge on any atom is 0.149 e. The van der Waals surface area contributed by atoms with Crippen molar-refractivity contribution in [3.63, 3.8) is 0 Å². The van der Waals surface area contributed by atoms with E-state index in [-0.39, 0.29) is 0 Å². The zero-order chi connectivity index (χ0) is 5.56. The number of hydrogen-bond donors (Lipinski definition) is 0. The maximum atomic E-state index is 2.44. The molecule has 0 amide bonds. The summed E-state index contributed by atoms with van der Waals surface area (Å²) in [5, 5.41) is 4.78. The standard InChI is InChI=1S/C6H12N2/c1-7-4-6-2-3-8(7)5-6/h6H,2-5H2,1H3/q+1. The first kappa shape index (κ1) is 4.77. The number of fused-ring (bicyclic) bond motifs is 2. The Kier molecular flexibility index (Phi) is 0.866. The Hall–Kier alpha value is -0.0800. The van der Waals surface area contributed by atoms with Gasteiger partial charge < -0.3 is 0 Å². The van der Waals surface area contributed by atoms with Gasteiger partial charge in [0, 0.05) is 19.4 Å². The van der Waals surface area contributed by atoms with E-state index in [4.69, 9.17) is 0 Å². The molecule has 2 atom stereocenters. The molecule has 2 bridgehead atoms. The summed E-state index contributed by atoms with van der Waals surface area (Å²) in [4.78, 5) is 0. The summed E-state index contributed by atoms with van der Waals surface area (Å²) < 4.78 is 0. The van der Waals surface area contributed by atoms with Crippen LogP contribution in [-0.2, 0) is 0 Å². The number of hydrazine groups is 1. The van der Waals surface area contributed by atoms with Gasteiger partial charge in [-0.3, -0.25) is 0 Å². The van der Waals surface area contributed by atoms with Gasteiger partial charge in [-0.2, -0.15) is 0 Å². The molecule has 0 aromatic rings. The Labute approximate surface area is 50.0 Å². The first-order valence-electron chi connectivity index (χ1n) is 3.32. The Morgan fingerprint density at radius 1 is 1.62 bits per heavy atom. The molecule has 2 fully saturated rings. The van der Waals surface area contributed by atoms with Gasteiger partial charge in [-0.25, -0.2) is 0 Å². The van der Waals surface area contributed by atoms with E-state index in [0.29, 0.717) is 0 Å². The number of rotatable bonds is 0. The van der Waals surface area contributed by atoms with Crippen molar-refractivity contribution >= 4 is 0 Å². The van der Waals surface area contributed by atoms with Gasteiger partial charge in [-0.1, -0.05) is 5.01 Å². The number of nitrogens with zero attached hydrogens (tertiary/aromatic N) is 2. The van der Waals surface area contributed by atoms with Gasteiger partial charge in [-0.15, -0.1) is 5.01 Å². The van der Waals surface area contributed by atoms with Crippen LogP contribution < -0.4 is 5.01 Å². The zero-order valence-electron chi connectivity index (χ0n) is 5.30. The summed E-state index contributed by atoms with van der Waals surface area (Å²) in [6, 6.07) is 0. The molecule has 0 aromatic carbocycles. The van der Waals surface area contributed by atoms with E-state index in [2.05, 4.69) is 17.1 Å². The van der Waals surface area contributed by atoms with E-state index < -0.39 is 0 Å². The third-order valence-electron chi connectivity index (χ3n) is 2.27. The molecule has 1 radical (unpaired) electrons. The molecule has 2 nitrogen and oxygen atoms in total. The molecule has 8 heavy (non-hydrogen) atoms. The van der Waals surface area contributed by atoms with Gasteiger partial charge in [0.25, 0.3) is 0 Å². The van der Waals surface area contributed by atoms with E-state index in [9.17, 15) is 0 Å². The van der Waals surface area contributed by atoms with Gasteiger partial charge in [0.1, 0.15) is 13.1 Å². The highest BCUT2D eigenvalue weighted by Gasteiger charge is 2.42. The summed E-state index contributed by atoms with van der Waals surface area (Å²) in [5.41, 5.74) is 0. The molecular formula is C6H12N2+.